The Morgan fingerprint density at radius 2 is 1.86 bits per heavy atom. The average Bonchev–Trinajstić information content (AvgIpc) is 2.56. The first-order valence-corrected chi connectivity index (χ1v) is 9.26. The standard InChI is InChI=1S/C16H17F6NO4S/c1-3-6-12(14(24)27-4-2)13(16(20,21)22)23-28(25,26)11-8-5-7-10(9-11)15(17,18)19/h3,5,7-9,12-13,23H,1,4,6H2,2H3/t12-,13-/m1/s1. The third-order valence-electron chi connectivity index (χ3n) is 3.52. The van der Waals surface area contributed by atoms with Gasteiger partial charge in [0.15, 0.2) is 0 Å². The number of ether oxygens (including phenoxy) is 1. The van der Waals surface area contributed by atoms with E-state index in [0.717, 1.165) is 12.1 Å². The van der Waals surface area contributed by atoms with E-state index >= 15 is 0 Å². The van der Waals surface area contributed by atoms with Gasteiger partial charge in [-0.25, -0.2) is 8.42 Å². The Labute approximate surface area is 157 Å². The molecule has 0 amide bonds. The van der Waals surface area contributed by atoms with Crippen molar-refractivity contribution in [2.75, 3.05) is 6.61 Å². The summed E-state index contributed by atoms with van der Waals surface area (Å²) in [5, 5.41) is 0. The number of hydrogen-bond donors (Lipinski definition) is 1. The van der Waals surface area contributed by atoms with Crippen LogP contribution in [-0.2, 0) is 25.7 Å². The Balaban J connectivity index is 3.35. The average molecular weight is 433 g/mol. The number of halogens is 6. The molecule has 28 heavy (non-hydrogen) atoms. The Bertz CT molecular complexity index is 804. The number of benzene rings is 1. The first kappa shape index (κ1) is 24.0. The van der Waals surface area contributed by atoms with Crippen molar-refractivity contribution in [1.82, 2.24) is 4.72 Å². The van der Waals surface area contributed by atoms with Gasteiger partial charge in [0.05, 0.1) is 23.0 Å². The van der Waals surface area contributed by atoms with E-state index < -0.39 is 57.2 Å². The predicted molar refractivity (Wildman–Crippen MR) is 86.5 cm³/mol. The molecule has 0 aliphatic carbocycles. The lowest BCUT2D eigenvalue weighted by Crippen LogP contribution is -2.52. The van der Waals surface area contributed by atoms with Gasteiger partial charge in [-0.15, -0.1) is 6.58 Å². The number of allylic oxidation sites excluding steroid dienone is 1. The molecule has 0 aromatic heterocycles. The molecule has 12 heteroatoms. The molecule has 0 unspecified atom stereocenters. The number of rotatable bonds is 8. The van der Waals surface area contributed by atoms with Crippen LogP contribution in [-0.4, -0.2) is 33.2 Å². The molecule has 0 radical (unpaired) electrons. The third-order valence-corrected chi connectivity index (χ3v) is 4.96. The fourth-order valence-electron chi connectivity index (χ4n) is 2.25. The van der Waals surface area contributed by atoms with Crippen molar-refractivity contribution in [1.29, 1.82) is 0 Å². The van der Waals surface area contributed by atoms with Gasteiger partial charge in [0.1, 0.15) is 6.04 Å². The van der Waals surface area contributed by atoms with Crippen LogP contribution in [0, 0.1) is 5.92 Å². The van der Waals surface area contributed by atoms with Crippen LogP contribution in [0.1, 0.15) is 18.9 Å². The van der Waals surface area contributed by atoms with E-state index in [4.69, 9.17) is 0 Å². The van der Waals surface area contributed by atoms with E-state index in [-0.39, 0.29) is 12.7 Å². The lowest BCUT2D eigenvalue weighted by molar-refractivity contribution is -0.178. The van der Waals surface area contributed by atoms with Crippen LogP contribution >= 0.6 is 0 Å². The van der Waals surface area contributed by atoms with Crippen molar-refractivity contribution >= 4 is 16.0 Å². The monoisotopic (exact) mass is 433 g/mol. The second-order valence-electron chi connectivity index (χ2n) is 5.55. The molecule has 0 aliphatic rings. The van der Waals surface area contributed by atoms with E-state index in [1.54, 1.807) is 0 Å². The maximum absolute atomic E-state index is 13.5. The minimum absolute atomic E-state index is 0.197. The fourth-order valence-corrected chi connectivity index (χ4v) is 3.56. The van der Waals surface area contributed by atoms with Gasteiger partial charge in [0, 0.05) is 0 Å². The molecule has 158 valence electrons. The van der Waals surface area contributed by atoms with Gasteiger partial charge >= 0.3 is 18.3 Å². The minimum Gasteiger partial charge on any atom is -0.466 e. The van der Waals surface area contributed by atoms with Gasteiger partial charge in [0.25, 0.3) is 0 Å². The summed E-state index contributed by atoms with van der Waals surface area (Å²) >= 11 is 0. The van der Waals surface area contributed by atoms with Crippen LogP contribution in [0.15, 0.2) is 41.8 Å². The third kappa shape index (κ3) is 6.23. The highest BCUT2D eigenvalue weighted by Gasteiger charge is 2.50. The first-order valence-electron chi connectivity index (χ1n) is 7.77. The zero-order valence-electron chi connectivity index (χ0n) is 14.5. The van der Waals surface area contributed by atoms with Gasteiger partial charge < -0.3 is 4.74 Å². The summed E-state index contributed by atoms with van der Waals surface area (Å²) in [5.41, 5.74) is -1.35. The quantitative estimate of drug-likeness (QED) is 0.386. The molecule has 5 nitrogen and oxygen atoms in total. The number of sulfonamides is 1. The van der Waals surface area contributed by atoms with Crippen LogP contribution in [0.5, 0.6) is 0 Å². The van der Waals surface area contributed by atoms with Crippen molar-refractivity contribution < 1.29 is 44.3 Å². The summed E-state index contributed by atoms with van der Waals surface area (Å²) in [6.45, 7) is 4.32. The van der Waals surface area contributed by atoms with E-state index in [1.165, 1.54) is 11.6 Å². The molecule has 0 aliphatic heterocycles. The smallest absolute Gasteiger partial charge is 0.416 e. The number of hydrogen-bond acceptors (Lipinski definition) is 4. The highest BCUT2D eigenvalue weighted by molar-refractivity contribution is 7.89. The lowest BCUT2D eigenvalue weighted by atomic mass is 9.96. The fraction of sp³-hybridized carbons (Fsp3) is 0.438. The van der Waals surface area contributed by atoms with Crippen LogP contribution in [0.3, 0.4) is 0 Å². The normalized spacial score (nSPS) is 15.0. The van der Waals surface area contributed by atoms with Crippen LogP contribution in [0.2, 0.25) is 0 Å². The minimum atomic E-state index is -5.23. The summed E-state index contributed by atoms with van der Waals surface area (Å²) in [6, 6.07) is -0.712. The van der Waals surface area contributed by atoms with Crippen molar-refractivity contribution in [3.8, 4) is 0 Å². The van der Waals surface area contributed by atoms with E-state index in [0.29, 0.717) is 12.1 Å². The van der Waals surface area contributed by atoms with Crippen molar-refractivity contribution in [3.05, 3.63) is 42.5 Å². The lowest BCUT2D eigenvalue weighted by Gasteiger charge is -2.27. The molecule has 0 bridgehead atoms. The molecule has 2 atom stereocenters. The molecule has 1 rings (SSSR count). The highest BCUT2D eigenvalue weighted by Crippen LogP contribution is 2.32. The number of carbonyl (C=O) groups excluding carboxylic acids is 1. The predicted octanol–water partition coefficient (Wildman–Crippen LogP) is 3.67. The van der Waals surface area contributed by atoms with Crippen LogP contribution in [0.4, 0.5) is 26.3 Å². The SMILES string of the molecule is C=CC[C@@H](C(=O)OCC)[C@@H](NS(=O)(=O)c1cccc(C(F)(F)F)c1)C(F)(F)F. The number of nitrogens with one attached hydrogen (secondary N) is 1. The second kappa shape index (κ2) is 8.95. The van der Waals surface area contributed by atoms with Gasteiger partial charge in [0.2, 0.25) is 10.0 Å². The van der Waals surface area contributed by atoms with Crippen molar-refractivity contribution in [2.45, 2.75) is 36.6 Å². The molecule has 1 N–H and O–H groups in total. The molecule has 0 saturated carbocycles. The maximum Gasteiger partial charge on any atom is 0.416 e. The second-order valence-corrected chi connectivity index (χ2v) is 7.26. The van der Waals surface area contributed by atoms with Crippen molar-refractivity contribution in [2.24, 2.45) is 5.92 Å². The molecule has 0 heterocycles. The van der Waals surface area contributed by atoms with Gasteiger partial charge in [-0.05, 0) is 31.5 Å². The summed E-state index contributed by atoms with van der Waals surface area (Å²) in [5.74, 6) is -3.32. The van der Waals surface area contributed by atoms with Crippen molar-refractivity contribution in [3.63, 3.8) is 0 Å². The van der Waals surface area contributed by atoms with Crippen LogP contribution in [0.25, 0.3) is 0 Å². The number of alkyl halides is 6. The van der Waals surface area contributed by atoms with Gasteiger partial charge in [-0.3, -0.25) is 4.79 Å². The molecule has 0 spiro atoms. The summed E-state index contributed by atoms with van der Waals surface area (Å²) < 4.78 is 109. The zero-order valence-corrected chi connectivity index (χ0v) is 15.3. The molecular formula is C16H17F6NO4S. The highest BCUT2D eigenvalue weighted by atomic mass is 32.2. The van der Waals surface area contributed by atoms with E-state index in [9.17, 15) is 39.6 Å². The Hall–Kier alpha value is -2.08. The number of esters is 1. The van der Waals surface area contributed by atoms with Gasteiger partial charge in [-0.2, -0.15) is 31.1 Å². The molecular weight excluding hydrogens is 416 g/mol. The summed E-state index contributed by atoms with van der Waals surface area (Å²) in [6.07, 6.45) is -9.73. The summed E-state index contributed by atoms with van der Waals surface area (Å²) in [7, 11) is -5.05. The molecule has 0 saturated heterocycles. The molecule has 1 aromatic rings. The van der Waals surface area contributed by atoms with Crippen LogP contribution < -0.4 is 4.72 Å². The largest absolute Gasteiger partial charge is 0.466 e. The van der Waals surface area contributed by atoms with E-state index in [2.05, 4.69) is 11.3 Å². The first-order chi connectivity index (χ1) is 12.7. The topological polar surface area (TPSA) is 72.5 Å². The summed E-state index contributed by atoms with van der Waals surface area (Å²) in [4.78, 5) is 10.8. The number of carbonyl (C=O) groups is 1. The molecule has 1 aromatic carbocycles. The Morgan fingerprint density at radius 3 is 2.32 bits per heavy atom. The maximum atomic E-state index is 13.5. The zero-order chi connectivity index (χ0) is 21.8. The van der Waals surface area contributed by atoms with Gasteiger partial charge in [-0.1, -0.05) is 12.1 Å². The molecule has 0 fully saturated rings. The Kier molecular flexibility index (Phi) is 7.66. The Morgan fingerprint density at radius 1 is 1.25 bits per heavy atom. The van der Waals surface area contributed by atoms with E-state index in [1.807, 2.05) is 0 Å².